The number of nitrogens with zero attached hydrogens (tertiary/aromatic N) is 3. The normalized spacial score (nSPS) is 12.0. The number of hydrogen-bond donors (Lipinski definition) is 1. The Bertz CT molecular complexity index is 1350. The fraction of sp³-hybridized carbons (Fsp3) is 0.208. The van der Waals surface area contributed by atoms with Gasteiger partial charge in [-0.1, -0.05) is 49.0 Å². The maximum atomic E-state index is 13.0. The van der Waals surface area contributed by atoms with E-state index in [1.165, 1.54) is 35.2 Å². The van der Waals surface area contributed by atoms with Crippen molar-refractivity contribution in [2.24, 2.45) is 0 Å². The first-order chi connectivity index (χ1) is 15.9. The Morgan fingerprint density at radius 1 is 1.15 bits per heavy atom. The Morgan fingerprint density at radius 3 is 2.70 bits per heavy atom. The number of rotatable bonds is 7. The van der Waals surface area contributed by atoms with Crippen LogP contribution in [0, 0.1) is 24.0 Å². The molecule has 0 aliphatic carbocycles. The van der Waals surface area contributed by atoms with Gasteiger partial charge in [0.1, 0.15) is 0 Å². The Kier molecular flexibility index (Phi) is 6.71. The molecule has 33 heavy (non-hydrogen) atoms. The first-order valence-corrected chi connectivity index (χ1v) is 12.2. The van der Waals surface area contributed by atoms with Crippen molar-refractivity contribution >= 4 is 50.7 Å². The van der Waals surface area contributed by atoms with Gasteiger partial charge in [0.15, 0.2) is 5.13 Å². The lowest BCUT2D eigenvalue weighted by atomic mass is 10.1. The molecule has 2 heterocycles. The largest absolute Gasteiger partial charge is 0.301 e. The lowest BCUT2D eigenvalue weighted by molar-refractivity contribution is -0.384. The number of nitro groups is 1. The van der Waals surface area contributed by atoms with E-state index in [0.717, 1.165) is 27.1 Å². The molecule has 0 radical (unpaired) electrons. The van der Waals surface area contributed by atoms with Crippen LogP contribution in [0.3, 0.4) is 0 Å². The van der Waals surface area contributed by atoms with Crippen LogP contribution in [-0.2, 0) is 4.79 Å². The molecule has 0 saturated heterocycles. The van der Waals surface area contributed by atoms with E-state index >= 15 is 0 Å². The summed E-state index contributed by atoms with van der Waals surface area (Å²) in [7, 11) is 0. The summed E-state index contributed by atoms with van der Waals surface area (Å²) >= 11 is 2.73. The van der Waals surface area contributed by atoms with Crippen molar-refractivity contribution in [1.82, 2.24) is 9.97 Å². The zero-order valence-electron chi connectivity index (χ0n) is 18.4. The van der Waals surface area contributed by atoms with Gasteiger partial charge in [-0.3, -0.25) is 14.9 Å². The minimum atomic E-state index is -0.439. The van der Waals surface area contributed by atoms with Gasteiger partial charge in [0, 0.05) is 28.5 Å². The van der Waals surface area contributed by atoms with Gasteiger partial charge in [0.2, 0.25) is 5.91 Å². The van der Waals surface area contributed by atoms with E-state index in [1.54, 1.807) is 17.5 Å². The van der Waals surface area contributed by atoms with Crippen LogP contribution < -0.4 is 5.32 Å². The smallest absolute Gasteiger partial charge is 0.270 e. The summed E-state index contributed by atoms with van der Waals surface area (Å²) in [6.45, 7) is 6.06. The number of thiazole rings is 1. The molecule has 0 bridgehead atoms. The average molecular weight is 479 g/mol. The average Bonchev–Trinajstić information content (AvgIpc) is 3.26. The molecule has 1 atom stereocenters. The molecule has 9 heteroatoms. The molecule has 4 aromatic rings. The molecule has 0 aliphatic rings. The molecular weight excluding hydrogens is 456 g/mol. The Hall–Kier alpha value is -3.30. The zero-order chi connectivity index (χ0) is 23.5. The first kappa shape index (κ1) is 22.9. The number of benzene rings is 2. The van der Waals surface area contributed by atoms with Crippen molar-refractivity contribution in [2.45, 2.75) is 37.5 Å². The highest BCUT2D eigenvalue weighted by atomic mass is 32.2. The van der Waals surface area contributed by atoms with E-state index in [1.807, 2.05) is 32.0 Å². The Balaban J connectivity index is 1.50. The number of hydrogen-bond acceptors (Lipinski definition) is 7. The van der Waals surface area contributed by atoms with Gasteiger partial charge in [-0.2, -0.15) is 0 Å². The van der Waals surface area contributed by atoms with Crippen LogP contribution in [0.1, 0.15) is 24.5 Å². The second-order valence-corrected chi connectivity index (χ2v) is 9.68. The Labute approximate surface area is 199 Å². The van der Waals surface area contributed by atoms with Gasteiger partial charge in [-0.25, -0.2) is 9.97 Å². The highest BCUT2D eigenvalue weighted by Gasteiger charge is 2.21. The number of anilines is 1. The highest BCUT2D eigenvalue weighted by Crippen LogP contribution is 2.31. The van der Waals surface area contributed by atoms with Gasteiger partial charge in [0.05, 0.1) is 26.4 Å². The third kappa shape index (κ3) is 5.04. The number of nitrogens with one attached hydrogen (secondary N) is 1. The van der Waals surface area contributed by atoms with E-state index in [4.69, 9.17) is 4.98 Å². The molecule has 7 nitrogen and oxygen atoms in total. The fourth-order valence-electron chi connectivity index (χ4n) is 3.49. The van der Waals surface area contributed by atoms with Crippen molar-refractivity contribution in [1.29, 1.82) is 0 Å². The number of thioether (sulfide) groups is 1. The number of carbonyl (C=O) groups excluding carboxylic acids is 1. The molecule has 0 fully saturated rings. The molecule has 2 aromatic carbocycles. The third-order valence-corrected chi connectivity index (χ3v) is 7.28. The van der Waals surface area contributed by atoms with Crippen LogP contribution in [0.2, 0.25) is 0 Å². The zero-order valence-corrected chi connectivity index (χ0v) is 20.0. The molecule has 0 saturated carbocycles. The Morgan fingerprint density at radius 2 is 1.94 bits per heavy atom. The predicted octanol–water partition coefficient (Wildman–Crippen LogP) is 6.39. The van der Waals surface area contributed by atoms with Gasteiger partial charge >= 0.3 is 0 Å². The summed E-state index contributed by atoms with van der Waals surface area (Å²) < 4.78 is 0. The number of aromatic nitrogens is 2. The standard InChI is InChI=1S/C24H22N4O3S2/c1-4-20(33-21-11-15(3)18-10-5-7-14(2)22(18)26-21)23(29)27-24-25-19(13-32-24)16-8-6-9-17(12-16)28(30)31/h5-13,20H,4H2,1-3H3,(H,25,27,29). The molecule has 168 valence electrons. The van der Waals surface area contributed by atoms with Crippen LogP contribution in [0.25, 0.3) is 22.2 Å². The maximum absolute atomic E-state index is 13.0. The van der Waals surface area contributed by atoms with E-state index < -0.39 is 4.92 Å². The van der Waals surface area contributed by atoms with Crippen molar-refractivity contribution < 1.29 is 9.72 Å². The minimum absolute atomic E-state index is 0.00180. The molecular formula is C24H22N4O3S2. The molecule has 1 unspecified atom stereocenters. The number of pyridine rings is 1. The summed E-state index contributed by atoms with van der Waals surface area (Å²) in [4.78, 5) is 32.8. The number of aryl methyl sites for hydroxylation is 2. The van der Waals surface area contributed by atoms with Crippen molar-refractivity contribution in [3.63, 3.8) is 0 Å². The summed E-state index contributed by atoms with van der Waals surface area (Å²) in [6.07, 6.45) is 0.631. The van der Waals surface area contributed by atoms with Crippen molar-refractivity contribution in [3.05, 3.63) is 75.2 Å². The van der Waals surface area contributed by atoms with Crippen LogP contribution in [0.15, 0.2) is 58.9 Å². The molecule has 0 aliphatic heterocycles. The topological polar surface area (TPSA) is 98.0 Å². The van der Waals surface area contributed by atoms with Crippen LogP contribution in [0.5, 0.6) is 0 Å². The van der Waals surface area contributed by atoms with Crippen LogP contribution in [-0.4, -0.2) is 26.0 Å². The van der Waals surface area contributed by atoms with Crippen LogP contribution in [0.4, 0.5) is 10.8 Å². The number of nitro benzene ring substituents is 1. The minimum Gasteiger partial charge on any atom is -0.301 e. The van der Waals surface area contributed by atoms with Crippen LogP contribution >= 0.6 is 23.1 Å². The lowest BCUT2D eigenvalue weighted by Gasteiger charge is -2.14. The summed E-state index contributed by atoms with van der Waals surface area (Å²) in [5.41, 5.74) is 4.41. The molecule has 2 aromatic heterocycles. The summed E-state index contributed by atoms with van der Waals surface area (Å²) in [6, 6.07) is 14.4. The maximum Gasteiger partial charge on any atom is 0.270 e. The highest BCUT2D eigenvalue weighted by molar-refractivity contribution is 8.00. The molecule has 1 amide bonds. The second-order valence-electron chi connectivity index (χ2n) is 7.60. The summed E-state index contributed by atoms with van der Waals surface area (Å²) in [5, 5.41) is 17.8. The number of non-ortho nitro benzene ring substituents is 1. The van der Waals surface area contributed by atoms with E-state index in [2.05, 4.69) is 23.3 Å². The molecule has 4 rings (SSSR count). The van der Waals surface area contributed by atoms with E-state index in [0.29, 0.717) is 22.8 Å². The van der Waals surface area contributed by atoms with Crippen molar-refractivity contribution in [2.75, 3.05) is 5.32 Å². The van der Waals surface area contributed by atoms with Gasteiger partial charge in [-0.05, 0) is 37.5 Å². The van der Waals surface area contributed by atoms with Gasteiger partial charge < -0.3 is 5.32 Å². The molecule has 0 spiro atoms. The van der Waals surface area contributed by atoms with Gasteiger partial charge in [0.25, 0.3) is 5.69 Å². The van der Waals surface area contributed by atoms with E-state index in [-0.39, 0.29) is 16.8 Å². The number of para-hydroxylation sites is 1. The fourth-order valence-corrected chi connectivity index (χ4v) is 5.22. The quantitative estimate of drug-likeness (QED) is 0.188. The molecule has 1 N–H and O–H groups in total. The SMILES string of the molecule is CCC(Sc1cc(C)c2cccc(C)c2n1)C(=O)Nc1nc(-c2cccc([N+](=O)[O-])c2)cs1. The number of fused-ring (bicyclic) bond motifs is 1. The lowest BCUT2D eigenvalue weighted by Crippen LogP contribution is -2.24. The number of carbonyl (C=O) groups is 1. The monoisotopic (exact) mass is 478 g/mol. The predicted molar refractivity (Wildman–Crippen MR) is 134 cm³/mol. The van der Waals surface area contributed by atoms with Crippen molar-refractivity contribution in [3.8, 4) is 11.3 Å². The first-order valence-electron chi connectivity index (χ1n) is 10.4. The van der Waals surface area contributed by atoms with Gasteiger partial charge in [-0.15, -0.1) is 11.3 Å². The second kappa shape index (κ2) is 9.68. The number of amides is 1. The third-order valence-electron chi connectivity index (χ3n) is 5.24. The van der Waals surface area contributed by atoms with E-state index in [9.17, 15) is 14.9 Å². The summed E-state index contributed by atoms with van der Waals surface area (Å²) in [5.74, 6) is -0.147.